The number of hydrogen-bond acceptors (Lipinski definition) is 7. The Morgan fingerprint density at radius 3 is 2.85 bits per heavy atom. The molecule has 4 heterocycles. The van der Waals surface area contributed by atoms with Crippen molar-refractivity contribution in [2.75, 3.05) is 44.8 Å². The molecule has 0 radical (unpaired) electrons. The molecule has 0 unspecified atom stereocenters. The van der Waals surface area contributed by atoms with E-state index < -0.39 is 5.60 Å². The molecule has 0 atom stereocenters. The van der Waals surface area contributed by atoms with Gasteiger partial charge in [-0.25, -0.2) is 15.0 Å². The molecule has 0 aromatic carbocycles. The molecular weight excluding hydrogens is 348 g/mol. The number of imidazole rings is 1. The third kappa shape index (κ3) is 3.74. The van der Waals surface area contributed by atoms with E-state index in [0.29, 0.717) is 63.3 Å². The van der Waals surface area contributed by atoms with E-state index in [1.54, 1.807) is 6.33 Å². The van der Waals surface area contributed by atoms with E-state index in [9.17, 15) is 9.90 Å². The first-order valence-corrected chi connectivity index (χ1v) is 9.51. The topological polar surface area (TPSA) is 96.6 Å². The van der Waals surface area contributed by atoms with Gasteiger partial charge in [0, 0.05) is 59.2 Å². The van der Waals surface area contributed by atoms with E-state index in [1.165, 1.54) is 6.33 Å². The van der Waals surface area contributed by atoms with Crippen molar-refractivity contribution in [3.63, 3.8) is 0 Å². The number of rotatable bonds is 6. The van der Waals surface area contributed by atoms with E-state index in [1.807, 2.05) is 21.4 Å². The summed E-state index contributed by atoms with van der Waals surface area (Å²) in [5, 5.41) is 10.8. The van der Waals surface area contributed by atoms with Crippen molar-refractivity contribution in [1.29, 1.82) is 0 Å². The molecule has 2 aromatic heterocycles. The summed E-state index contributed by atoms with van der Waals surface area (Å²) in [5.41, 5.74) is 0.631. The Hall–Kier alpha value is -2.26. The van der Waals surface area contributed by atoms with E-state index in [0.717, 1.165) is 18.8 Å². The predicted molar refractivity (Wildman–Crippen MR) is 99.4 cm³/mol. The minimum absolute atomic E-state index is 0.227. The molecule has 2 aliphatic heterocycles. The average molecular weight is 374 g/mol. The zero-order valence-electron chi connectivity index (χ0n) is 15.7. The van der Waals surface area contributed by atoms with Crippen LogP contribution in [0.5, 0.6) is 0 Å². The molecule has 1 N–H and O–H groups in total. The van der Waals surface area contributed by atoms with Crippen LogP contribution in [0.3, 0.4) is 0 Å². The zero-order valence-corrected chi connectivity index (χ0v) is 15.7. The minimum Gasteiger partial charge on any atom is -0.388 e. The number of anilines is 1. The summed E-state index contributed by atoms with van der Waals surface area (Å²) in [5.74, 6) is 0.967. The van der Waals surface area contributed by atoms with Crippen molar-refractivity contribution in [3.8, 4) is 0 Å². The highest BCUT2D eigenvalue weighted by atomic mass is 16.5. The molecule has 27 heavy (non-hydrogen) atoms. The Balaban J connectivity index is 1.50. The van der Waals surface area contributed by atoms with Crippen molar-refractivity contribution in [2.24, 2.45) is 0 Å². The summed E-state index contributed by atoms with van der Waals surface area (Å²) in [7, 11) is 1.95. The van der Waals surface area contributed by atoms with Gasteiger partial charge in [0.1, 0.15) is 6.33 Å². The normalized spacial score (nSPS) is 19.8. The number of likely N-dealkylation sites (N-methyl/N-ethyl adjacent to an activating group) is 1. The summed E-state index contributed by atoms with van der Waals surface area (Å²) in [6.07, 6.45) is 6.05. The Morgan fingerprint density at radius 1 is 1.30 bits per heavy atom. The lowest BCUT2D eigenvalue weighted by Crippen LogP contribution is -2.40. The Labute approximate surface area is 158 Å². The van der Waals surface area contributed by atoms with Crippen molar-refractivity contribution in [3.05, 3.63) is 12.7 Å². The fourth-order valence-electron chi connectivity index (χ4n) is 3.81. The molecule has 2 fully saturated rings. The van der Waals surface area contributed by atoms with Crippen molar-refractivity contribution in [1.82, 2.24) is 24.4 Å². The highest BCUT2D eigenvalue weighted by Crippen LogP contribution is 2.26. The van der Waals surface area contributed by atoms with Crippen molar-refractivity contribution < 1.29 is 14.6 Å². The molecule has 0 bridgehead atoms. The van der Waals surface area contributed by atoms with Gasteiger partial charge in [-0.1, -0.05) is 0 Å². The van der Waals surface area contributed by atoms with Crippen LogP contribution in [0, 0.1) is 0 Å². The van der Waals surface area contributed by atoms with Gasteiger partial charge in [0.15, 0.2) is 17.0 Å². The molecule has 1 amide bonds. The highest BCUT2D eigenvalue weighted by molar-refractivity contribution is 5.83. The van der Waals surface area contributed by atoms with Gasteiger partial charge in [-0.05, 0) is 6.42 Å². The Kier molecular flexibility index (Phi) is 4.96. The third-order valence-corrected chi connectivity index (χ3v) is 5.51. The van der Waals surface area contributed by atoms with Gasteiger partial charge in [0.05, 0.1) is 18.5 Å². The maximum absolute atomic E-state index is 11.8. The number of likely N-dealkylation sites (tertiary alicyclic amines) is 1. The lowest BCUT2D eigenvalue weighted by Gasteiger charge is -2.32. The van der Waals surface area contributed by atoms with Gasteiger partial charge < -0.3 is 24.2 Å². The second kappa shape index (κ2) is 7.40. The van der Waals surface area contributed by atoms with Crippen LogP contribution in [0.15, 0.2) is 12.7 Å². The van der Waals surface area contributed by atoms with Gasteiger partial charge in [0.25, 0.3) is 0 Å². The summed E-state index contributed by atoms with van der Waals surface area (Å²) in [6.45, 7) is 3.79. The van der Waals surface area contributed by atoms with Gasteiger partial charge in [-0.2, -0.15) is 0 Å². The molecule has 9 heteroatoms. The van der Waals surface area contributed by atoms with E-state index in [-0.39, 0.29) is 5.91 Å². The van der Waals surface area contributed by atoms with Crippen LogP contribution in [-0.4, -0.2) is 80.9 Å². The molecule has 2 aromatic rings. The van der Waals surface area contributed by atoms with Gasteiger partial charge in [-0.3, -0.25) is 4.79 Å². The third-order valence-electron chi connectivity index (χ3n) is 5.51. The summed E-state index contributed by atoms with van der Waals surface area (Å²) >= 11 is 0. The molecule has 0 spiro atoms. The first kappa shape index (κ1) is 18.1. The first-order chi connectivity index (χ1) is 13.1. The molecule has 0 saturated carbocycles. The summed E-state index contributed by atoms with van der Waals surface area (Å²) in [4.78, 5) is 29.0. The van der Waals surface area contributed by atoms with Crippen LogP contribution in [-0.2, 0) is 16.1 Å². The average Bonchev–Trinajstić information content (AvgIpc) is 3.26. The molecule has 9 nitrogen and oxygen atoms in total. The highest BCUT2D eigenvalue weighted by Gasteiger charge is 2.31. The van der Waals surface area contributed by atoms with Crippen LogP contribution in [0.25, 0.3) is 11.2 Å². The summed E-state index contributed by atoms with van der Waals surface area (Å²) < 4.78 is 7.25. The van der Waals surface area contributed by atoms with Gasteiger partial charge >= 0.3 is 0 Å². The number of ether oxygens (including phenoxy) is 1. The maximum Gasteiger partial charge on any atom is 0.222 e. The molecule has 146 valence electrons. The van der Waals surface area contributed by atoms with Crippen LogP contribution < -0.4 is 4.90 Å². The standard InChI is InChI=1S/C18H26N6O3/c1-22(7-8-23-6-2-3-14(23)25)16-15-17(20-12-19-16)24(13-21-15)11-18(26)4-9-27-10-5-18/h12-13,26H,2-11H2,1H3. The monoisotopic (exact) mass is 374 g/mol. The minimum atomic E-state index is -0.793. The van der Waals surface area contributed by atoms with Crippen LogP contribution in [0.4, 0.5) is 5.82 Å². The van der Waals surface area contributed by atoms with Crippen LogP contribution >= 0.6 is 0 Å². The van der Waals surface area contributed by atoms with Crippen molar-refractivity contribution in [2.45, 2.75) is 37.8 Å². The van der Waals surface area contributed by atoms with Crippen molar-refractivity contribution >= 4 is 22.9 Å². The SMILES string of the molecule is CN(CCN1CCCC1=O)c1ncnc2c1ncn2CC1(O)CCOCC1. The fourth-order valence-corrected chi connectivity index (χ4v) is 3.81. The lowest BCUT2D eigenvalue weighted by molar-refractivity contribution is -0.127. The number of carbonyl (C=O) groups is 1. The maximum atomic E-state index is 11.8. The Morgan fingerprint density at radius 2 is 2.11 bits per heavy atom. The quantitative estimate of drug-likeness (QED) is 0.783. The second-order valence-electron chi connectivity index (χ2n) is 7.48. The van der Waals surface area contributed by atoms with Gasteiger partial charge in [-0.15, -0.1) is 0 Å². The lowest BCUT2D eigenvalue weighted by atomic mass is 9.94. The van der Waals surface area contributed by atoms with E-state index in [2.05, 4.69) is 15.0 Å². The zero-order chi connectivity index (χ0) is 18.9. The van der Waals surface area contributed by atoms with Crippen LogP contribution in [0.1, 0.15) is 25.7 Å². The number of aromatic nitrogens is 4. The molecule has 4 rings (SSSR count). The number of nitrogens with zero attached hydrogens (tertiary/aromatic N) is 6. The molecule has 0 aliphatic carbocycles. The molecule has 2 aliphatic rings. The second-order valence-corrected chi connectivity index (χ2v) is 7.48. The fraction of sp³-hybridized carbons (Fsp3) is 0.667. The number of fused-ring (bicyclic) bond motifs is 1. The number of aliphatic hydroxyl groups is 1. The predicted octanol–water partition coefficient (Wildman–Crippen LogP) is 0.426. The number of carbonyl (C=O) groups excluding carboxylic acids is 1. The molecule has 2 saturated heterocycles. The largest absolute Gasteiger partial charge is 0.388 e. The number of amides is 1. The summed E-state index contributed by atoms with van der Waals surface area (Å²) in [6, 6.07) is 0. The molecular formula is C18H26N6O3. The van der Waals surface area contributed by atoms with E-state index >= 15 is 0 Å². The first-order valence-electron chi connectivity index (χ1n) is 9.51. The smallest absolute Gasteiger partial charge is 0.222 e. The number of hydrogen-bond donors (Lipinski definition) is 1. The van der Waals surface area contributed by atoms with Gasteiger partial charge in [0.2, 0.25) is 5.91 Å². The Bertz CT molecular complexity index is 817. The van der Waals surface area contributed by atoms with E-state index in [4.69, 9.17) is 4.74 Å². The van der Waals surface area contributed by atoms with Crippen LogP contribution in [0.2, 0.25) is 0 Å².